The molecule has 3 nitrogen and oxygen atoms in total. The number of ether oxygens (including phenoxy) is 1. The molecule has 3 aromatic rings. The highest BCUT2D eigenvalue weighted by Gasteiger charge is 2.55. The molecule has 4 heteroatoms. The first kappa shape index (κ1) is 18.4. The van der Waals surface area contributed by atoms with E-state index in [4.69, 9.17) is 4.74 Å². The summed E-state index contributed by atoms with van der Waals surface area (Å²) in [5, 5.41) is 11.9. The van der Waals surface area contributed by atoms with E-state index in [9.17, 15) is 9.50 Å². The molecule has 30 heavy (non-hydrogen) atoms. The summed E-state index contributed by atoms with van der Waals surface area (Å²) >= 11 is 0. The third-order valence-corrected chi connectivity index (χ3v) is 7.76. The Hall–Kier alpha value is -2.33. The van der Waals surface area contributed by atoms with Gasteiger partial charge in [0.25, 0.3) is 0 Å². The van der Waals surface area contributed by atoms with Gasteiger partial charge in [-0.3, -0.25) is 0 Å². The van der Waals surface area contributed by atoms with Gasteiger partial charge >= 0.3 is 0 Å². The first-order chi connectivity index (χ1) is 14.3. The molecule has 156 valence electrons. The Morgan fingerprint density at radius 2 is 2.00 bits per heavy atom. The van der Waals surface area contributed by atoms with Gasteiger partial charge in [-0.15, -0.1) is 0 Å². The largest absolute Gasteiger partial charge is 0.507 e. The van der Waals surface area contributed by atoms with Crippen LogP contribution in [0.2, 0.25) is 0 Å². The highest BCUT2D eigenvalue weighted by atomic mass is 19.1. The zero-order valence-electron chi connectivity index (χ0n) is 17.8. The lowest BCUT2D eigenvalue weighted by Gasteiger charge is -2.46. The van der Waals surface area contributed by atoms with Crippen LogP contribution in [-0.4, -0.2) is 16.3 Å². The Morgan fingerprint density at radius 3 is 2.77 bits per heavy atom. The van der Waals surface area contributed by atoms with Crippen molar-refractivity contribution in [1.29, 1.82) is 0 Å². The number of aromatic nitrogens is 1. The second-order valence-corrected chi connectivity index (χ2v) is 10.3. The van der Waals surface area contributed by atoms with E-state index >= 15 is 0 Å². The number of nitrogens with zero attached hydrogens (tertiary/aromatic N) is 1. The van der Waals surface area contributed by atoms with Gasteiger partial charge in [0, 0.05) is 27.7 Å². The molecule has 3 aliphatic rings. The molecule has 0 amide bonds. The number of hydrogen-bond donors (Lipinski definition) is 1. The van der Waals surface area contributed by atoms with E-state index in [-0.39, 0.29) is 16.8 Å². The normalized spacial score (nSPS) is 29.1. The standard InChI is InChI=1S/C26H28FNO2/c1-15-11-18(7-8-19(15)27)28-20-5-4-6-21(29)22(20)23-24(28)25(2,3)14-30-26(23)10-9-16-12-17(16)13-26/h4-8,11,16-17,29H,9-10,12-14H2,1-3H3/t16-,17?,26-/m1/s1. The molecule has 1 aliphatic heterocycles. The predicted octanol–water partition coefficient (Wildman–Crippen LogP) is 6.11. The van der Waals surface area contributed by atoms with Gasteiger partial charge in [0.1, 0.15) is 11.6 Å². The van der Waals surface area contributed by atoms with Crippen LogP contribution in [0.1, 0.15) is 56.4 Å². The average molecular weight is 406 g/mol. The number of fused-ring (bicyclic) bond motifs is 5. The Balaban J connectivity index is 1.72. The maximum Gasteiger partial charge on any atom is 0.126 e. The van der Waals surface area contributed by atoms with Gasteiger partial charge in [0.05, 0.1) is 17.7 Å². The van der Waals surface area contributed by atoms with E-state index in [1.807, 2.05) is 18.2 Å². The third kappa shape index (κ3) is 2.40. The fourth-order valence-electron chi connectivity index (χ4n) is 6.12. The summed E-state index contributed by atoms with van der Waals surface area (Å²) in [6, 6.07) is 11.0. The summed E-state index contributed by atoms with van der Waals surface area (Å²) in [5.41, 5.74) is 4.35. The highest BCUT2D eigenvalue weighted by Crippen LogP contribution is 2.61. The van der Waals surface area contributed by atoms with Crippen molar-refractivity contribution in [1.82, 2.24) is 4.57 Å². The SMILES string of the molecule is Cc1cc(-n2c3c(c4c(O)cccc42)[C@]2(CC[C@@H]4CC4C2)OCC3(C)C)ccc1F. The first-order valence-corrected chi connectivity index (χ1v) is 11.1. The summed E-state index contributed by atoms with van der Waals surface area (Å²) in [7, 11) is 0. The number of aromatic hydroxyl groups is 1. The minimum absolute atomic E-state index is 0.196. The number of phenols is 1. The lowest BCUT2D eigenvalue weighted by atomic mass is 9.71. The fraction of sp³-hybridized carbons (Fsp3) is 0.462. The fourth-order valence-corrected chi connectivity index (χ4v) is 6.12. The van der Waals surface area contributed by atoms with E-state index in [1.165, 1.54) is 24.1 Å². The molecule has 1 spiro atoms. The Labute approximate surface area is 176 Å². The molecule has 2 aliphatic carbocycles. The molecule has 2 saturated carbocycles. The summed E-state index contributed by atoms with van der Waals surface area (Å²) in [6.07, 6.45) is 4.55. The topological polar surface area (TPSA) is 34.4 Å². The average Bonchev–Trinajstić information content (AvgIpc) is 3.37. The summed E-state index contributed by atoms with van der Waals surface area (Å²) in [6.45, 7) is 6.88. The molecule has 0 bridgehead atoms. The van der Waals surface area contributed by atoms with E-state index in [0.717, 1.165) is 41.3 Å². The highest BCUT2D eigenvalue weighted by molar-refractivity contribution is 5.94. The minimum Gasteiger partial charge on any atom is -0.507 e. The zero-order chi connectivity index (χ0) is 20.8. The maximum absolute atomic E-state index is 14.1. The molecule has 6 rings (SSSR count). The Morgan fingerprint density at radius 1 is 1.17 bits per heavy atom. The van der Waals surface area contributed by atoms with Crippen molar-refractivity contribution in [2.45, 2.75) is 57.5 Å². The van der Waals surface area contributed by atoms with E-state index in [2.05, 4.69) is 24.5 Å². The van der Waals surface area contributed by atoms with Crippen LogP contribution in [0.4, 0.5) is 4.39 Å². The second-order valence-electron chi connectivity index (χ2n) is 10.3. The van der Waals surface area contributed by atoms with Crippen molar-refractivity contribution in [3.63, 3.8) is 0 Å². The second kappa shape index (κ2) is 5.88. The van der Waals surface area contributed by atoms with Crippen LogP contribution in [0.15, 0.2) is 36.4 Å². The van der Waals surface area contributed by atoms with Gasteiger partial charge in [0.15, 0.2) is 0 Å². The molecular weight excluding hydrogens is 377 g/mol. The number of aryl methyl sites for hydroxylation is 1. The van der Waals surface area contributed by atoms with Crippen molar-refractivity contribution >= 4 is 10.9 Å². The van der Waals surface area contributed by atoms with Gasteiger partial charge < -0.3 is 14.4 Å². The molecule has 3 atom stereocenters. The van der Waals surface area contributed by atoms with Crippen LogP contribution < -0.4 is 0 Å². The number of phenolic OH excluding ortho intramolecular Hbond substituents is 1. The number of rotatable bonds is 1. The first-order valence-electron chi connectivity index (χ1n) is 11.1. The smallest absolute Gasteiger partial charge is 0.126 e. The summed E-state index contributed by atoms with van der Waals surface area (Å²) in [4.78, 5) is 0. The molecule has 2 heterocycles. The van der Waals surface area contributed by atoms with Gasteiger partial charge in [-0.2, -0.15) is 0 Å². The third-order valence-electron chi connectivity index (χ3n) is 7.76. The molecular formula is C26H28FNO2. The van der Waals surface area contributed by atoms with Crippen LogP contribution in [0, 0.1) is 24.6 Å². The van der Waals surface area contributed by atoms with E-state index in [0.29, 0.717) is 17.9 Å². The van der Waals surface area contributed by atoms with Crippen LogP contribution in [0.5, 0.6) is 5.75 Å². The van der Waals surface area contributed by atoms with Crippen molar-refractivity contribution in [2.24, 2.45) is 11.8 Å². The molecule has 0 radical (unpaired) electrons. The minimum atomic E-state index is -0.333. The van der Waals surface area contributed by atoms with Crippen molar-refractivity contribution < 1.29 is 14.2 Å². The molecule has 1 N–H and O–H groups in total. The number of halogens is 1. The van der Waals surface area contributed by atoms with Gasteiger partial charge in [-0.25, -0.2) is 4.39 Å². The Bertz CT molecular complexity index is 1190. The van der Waals surface area contributed by atoms with Crippen molar-refractivity contribution in [3.8, 4) is 11.4 Å². The number of benzene rings is 2. The predicted molar refractivity (Wildman–Crippen MR) is 116 cm³/mol. The summed E-state index contributed by atoms with van der Waals surface area (Å²) in [5.74, 6) is 1.71. The van der Waals surface area contributed by atoms with Gasteiger partial charge in [-0.05, 0) is 80.3 Å². The quantitative estimate of drug-likeness (QED) is 0.530. The van der Waals surface area contributed by atoms with Crippen LogP contribution in [-0.2, 0) is 15.8 Å². The molecule has 2 fully saturated rings. The molecule has 2 aromatic carbocycles. The zero-order valence-corrected chi connectivity index (χ0v) is 17.8. The molecule has 0 saturated heterocycles. The van der Waals surface area contributed by atoms with E-state index < -0.39 is 0 Å². The molecule has 1 aromatic heterocycles. The summed E-state index contributed by atoms with van der Waals surface area (Å²) < 4.78 is 23.0. The number of hydrogen-bond acceptors (Lipinski definition) is 2. The van der Waals surface area contributed by atoms with Crippen LogP contribution in [0.3, 0.4) is 0 Å². The lowest BCUT2D eigenvalue weighted by molar-refractivity contribution is -0.108. The van der Waals surface area contributed by atoms with Gasteiger partial charge in [-0.1, -0.05) is 19.9 Å². The van der Waals surface area contributed by atoms with Crippen LogP contribution >= 0.6 is 0 Å². The lowest BCUT2D eigenvalue weighted by Crippen LogP contribution is -2.45. The molecule has 1 unspecified atom stereocenters. The van der Waals surface area contributed by atoms with Crippen molar-refractivity contribution in [3.05, 3.63) is 59.0 Å². The van der Waals surface area contributed by atoms with Gasteiger partial charge in [0.2, 0.25) is 0 Å². The maximum atomic E-state index is 14.1. The van der Waals surface area contributed by atoms with Crippen LogP contribution in [0.25, 0.3) is 16.6 Å². The van der Waals surface area contributed by atoms with E-state index in [1.54, 1.807) is 19.1 Å². The van der Waals surface area contributed by atoms with Crippen molar-refractivity contribution in [2.75, 3.05) is 6.61 Å². The Kier molecular flexibility index (Phi) is 3.61. The monoisotopic (exact) mass is 405 g/mol.